The van der Waals surface area contributed by atoms with Crippen LogP contribution in [0.1, 0.15) is 11.3 Å². The maximum Gasteiger partial charge on any atom is 0.574 e. The van der Waals surface area contributed by atoms with Gasteiger partial charge < -0.3 is 4.74 Å². The lowest BCUT2D eigenvalue weighted by molar-refractivity contribution is -0.276. The predicted octanol–water partition coefficient (Wildman–Crippen LogP) is 3.61. The molecule has 0 aromatic carbocycles. The van der Waals surface area contributed by atoms with Crippen LogP contribution in [0.4, 0.5) is 35.1 Å². The second-order valence-corrected chi connectivity index (χ2v) is 2.95. The smallest absolute Gasteiger partial charge is 0.387 e. The first-order chi connectivity index (χ1) is 8.04. The number of halogens is 8. The molecule has 18 heavy (non-hydrogen) atoms. The Hall–Kier alpha value is -1.61. The summed E-state index contributed by atoms with van der Waals surface area (Å²) in [6.07, 6.45) is -10.6. The van der Waals surface area contributed by atoms with Gasteiger partial charge in [-0.3, -0.25) is 0 Å². The molecule has 1 heterocycles. The zero-order valence-corrected chi connectivity index (χ0v) is 8.16. The van der Waals surface area contributed by atoms with Crippen LogP contribution >= 0.6 is 0 Å². The number of aromatic nitrogens is 1. The number of hydrogen-bond acceptors (Lipinski definition) is 2. The van der Waals surface area contributed by atoms with Crippen LogP contribution in [0, 0.1) is 5.82 Å². The van der Waals surface area contributed by atoms with E-state index in [0.29, 0.717) is 0 Å². The highest BCUT2D eigenvalue weighted by atomic mass is 19.4. The summed E-state index contributed by atoms with van der Waals surface area (Å²) < 4.78 is 100. The van der Waals surface area contributed by atoms with Crippen molar-refractivity contribution in [3.63, 3.8) is 0 Å². The first kappa shape index (κ1) is 14.5. The second kappa shape index (κ2) is 4.58. The van der Waals surface area contributed by atoms with Crippen LogP contribution in [0.15, 0.2) is 6.07 Å². The third kappa shape index (κ3) is 3.44. The molecule has 0 atom stereocenters. The summed E-state index contributed by atoms with van der Waals surface area (Å²) in [5, 5.41) is 0. The van der Waals surface area contributed by atoms with Gasteiger partial charge in [0.1, 0.15) is 12.5 Å². The summed E-state index contributed by atoms with van der Waals surface area (Å²) in [7, 11) is 0. The average Bonchev–Trinajstić information content (AvgIpc) is 2.13. The van der Waals surface area contributed by atoms with Crippen molar-refractivity contribution >= 4 is 0 Å². The Morgan fingerprint density at radius 1 is 1.11 bits per heavy atom. The van der Waals surface area contributed by atoms with Crippen molar-refractivity contribution in [1.29, 1.82) is 0 Å². The molecule has 0 aliphatic heterocycles. The molecule has 0 saturated carbocycles. The van der Waals surface area contributed by atoms with Crippen LogP contribution in [-0.4, -0.2) is 11.3 Å². The van der Waals surface area contributed by atoms with Gasteiger partial charge in [0.15, 0.2) is 5.69 Å². The van der Waals surface area contributed by atoms with Gasteiger partial charge in [0.25, 0.3) is 0 Å². The minimum absolute atomic E-state index is 0.210. The van der Waals surface area contributed by atoms with Crippen LogP contribution in [0.3, 0.4) is 0 Å². The Morgan fingerprint density at radius 3 is 2.06 bits per heavy atom. The number of pyridine rings is 1. The van der Waals surface area contributed by atoms with Crippen molar-refractivity contribution < 1.29 is 39.9 Å². The van der Waals surface area contributed by atoms with Crippen LogP contribution in [0.5, 0.6) is 5.88 Å². The molecule has 0 unspecified atom stereocenters. The van der Waals surface area contributed by atoms with Gasteiger partial charge in [0.2, 0.25) is 5.88 Å². The average molecular weight is 281 g/mol. The zero-order valence-electron chi connectivity index (χ0n) is 8.16. The molecule has 0 radical (unpaired) electrons. The van der Waals surface area contributed by atoms with E-state index in [9.17, 15) is 35.1 Å². The number of ether oxygens (including phenoxy) is 1. The molecule has 102 valence electrons. The van der Waals surface area contributed by atoms with Crippen molar-refractivity contribution in [2.75, 3.05) is 0 Å². The van der Waals surface area contributed by atoms with E-state index in [2.05, 4.69) is 9.72 Å². The molecule has 1 aromatic rings. The zero-order chi connectivity index (χ0) is 14.1. The number of alkyl halides is 7. The van der Waals surface area contributed by atoms with E-state index < -0.39 is 42.2 Å². The highest BCUT2D eigenvalue weighted by Crippen LogP contribution is 2.34. The first-order valence-corrected chi connectivity index (χ1v) is 4.13. The SMILES string of the molecule is FCc1c(F)cc(C(F)(F)F)nc1OC(F)(F)F. The van der Waals surface area contributed by atoms with Gasteiger partial charge in [-0.15, -0.1) is 13.2 Å². The van der Waals surface area contributed by atoms with E-state index in [0.717, 1.165) is 0 Å². The Balaban J connectivity index is 3.33. The van der Waals surface area contributed by atoms with Gasteiger partial charge in [-0.05, 0) is 0 Å². The fourth-order valence-electron chi connectivity index (χ4n) is 0.979. The Kier molecular flexibility index (Phi) is 3.67. The van der Waals surface area contributed by atoms with E-state index in [1.807, 2.05) is 0 Å². The van der Waals surface area contributed by atoms with Gasteiger partial charge in [0.05, 0.1) is 5.56 Å². The normalized spacial score (nSPS) is 12.7. The number of rotatable bonds is 2. The molecule has 0 aliphatic rings. The molecule has 2 nitrogen and oxygen atoms in total. The molecular weight excluding hydrogens is 278 g/mol. The predicted molar refractivity (Wildman–Crippen MR) is 40.7 cm³/mol. The van der Waals surface area contributed by atoms with Crippen molar-refractivity contribution in [2.45, 2.75) is 19.2 Å². The van der Waals surface area contributed by atoms with Gasteiger partial charge in [-0.25, -0.2) is 13.8 Å². The quantitative estimate of drug-likeness (QED) is 0.772. The maximum atomic E-state index is 13.0. The summed E-state index contributed by atoms with van der Waals surface area (Å²) in [5.41, 5.74) is -3.28. The van der Waals surface area contributed by atoms with E-state index >= 15 is 0 Å². The number of hydrogen-bond donors (Lipinski definition) is 0. The van der Waals surface area contributed by atoms with Crippen LogP contribution in [-0.2, 0) is 12.9 Å². The Labute approximate surface area is 94.2 Å². The summed E-state index contributed by atoms with van der Waals surface area (Å²) in [5.74, 6) is -3.61. The van der Waals surface area contributed by atoms with Gasteiger partial charge in [-0.1, -0.05) is 0 Å². The largest absolute Gasteiger partial charge is 0.574 e. The van der Waals surface area contributed by atoms with Crippen molar-refractivity contribution in [2.24, 2.45) is 0 Å². The highest BCUT2D eigenvalue weighted by Gasteiger charge is 2.38. The van der Waals surface area contributed by atoms with Crippen LogP contribution in [0.2, 0.25) is 0 Å². The minimum atomic E-state index is -5.41. The Bertz CT molecular complexity index is 438. The summed E-state index contributed by atoms with van der Waals surface area (Å²) >= 11 is 0. The Morgan fingerprint density at radius 2 is 1.67 bits per heavy atom. The van der Waals surface area contributed by atoms with Crippen molar-refractivity contribution in [1.82, 2.24) is 4.98 Å². The minimum Gasteiger partial charge on any atom is -0.387 e. The maximum absolute atomic E-state index is 13.0. The third-order valence-corrected chi connectivity index (χ3v) is 1.67. The molecule has 0 saturated heterocycles. The summed E-state index contributed by atoms with van der Waals surface area (Å²) in [6, 6.07) is -0.210. The van der Waals surface area contributed by atoms with E-state index in [1.165, 1.54) is 0 Å². The molecular formula is C8H3F8NO. The molecule has 0 spiro atoms. The fourth-order valence-corrected chi connectivity index (χ4v) is 0.979. The van der Waals surface area contributed by atoms with E-state index in [1.54, 1.807) is 0 Å². The third-order valence-electron chi connectivity index (χ3n) is 1.67. The lowest BCUT2D eigenvalue weighted by atomic mass is 10.2. The molecule has 0 N–H and O–H groups in total. The van der Waals surface area contributed by atoms with Gasteiger partial charge in [0, 0.05) is 6.07 Å². The molecule has 0 bridgehead atoms. The number of nitrogens with zero attached hydrogens (tertiary/aromatic N) is 1. The van der Waals surface area contributed by atoms with Crippen LogP contribution < -0.4 is 4.74 Å². The topological polar surface area (TPSA) is 22.1 Å². The summed E-state index contributed by atoms with van der Waals surface area (Å²) in [6.45, 7) is -1.79. The lowest BCUT2D eigenvalue weighted by Crippen LogP contribution is -2.21. The monoisotopic (exact) mass is 281 g/mol. The van der Waals surface area contributed by atoms with E-state index in [-0.39, 0.29) is 6.07 Å². The molecule has 0 aliphatic carbocycles. The first-order valence-electron chi connectivity index (χ1n) is 4.13. The molecule has 10 heteroatoms. The van der Waals surface area contributed by atoms with Gasteiger partial charge in [-0.2, -0.15) is 13.2 Å². The van der Waals surface area contributed by atoms with Crippen molar-refractivity contribution in [3.05, 3.63) is 23.1 Å². The standard InChI is InChI=1S/C8H3F8NO/c9-2-3-4(10)1-5(7(11,12)13)17-6(3)18-8(14,15)16/h1H,2H2. The van der Waals surface area contributed by atoms with Gasteiger partial charge >= 0.3 is 12.5 Å². The molecule has 0 amide bonds. The molecule has 0 fully saturated rings. The summed E-state index contributed by atoms with van der Waals surface area (Å²) in [4.78, 5) is 2.41. The van der Waals surface area contributed by atoms with E-state index in [4.69, 9.17) is 0 Å². The second-order valence-electron chi connectivity index (χ2n) is 2.95. The van der Waals surface area contributed by atoms with Crippen molar-refractivity contribution in [3.8, 4) is 5.88 Å². The highest BCUT2D eigenvalue weighted by molar-refractivity contribution is 5.30. The molecule has 1 aromatic heterocycles. The molecule has 1 rings (SSSR count). The fraction of sp³-hybridized carbons (Fsp3) is 0.375. The lowest BCUT2D eigenvalue weighted by Gasteiger charge is -2.14. The van der Waals surface area contributed by atoms with Crippen LogP contribution in [0.25, 0.3) is 0 Å².